The Morgan fingerprint density at radius 3 is 1.15 bits per heavy atom. The Hall–Kier alpha value is -1.74. The van der Waals surface area contributed by atoms with Gasteiger partial charge in [-0.1, -0.05) is 13.2 Å². The lowest BCUT2D eigenvalue weighted by molar-refractivity contribution is -0.114. The van der Waals surface area contributed by atoms with Crippen LogP contribution in [0.4, 0.5) is 0 Å². The van der Waals surface area contributed by atoms with Crippen molar-refractivity contribution in [1.82, 2.24) is 4.90 Å². The Balaban J connectivity index is -0.000000244. The zero-order valence-electron chi connectivity index (χ0n) is 11.6. The van der Waals surface area contributed by atoms with Crippen LogP contribution in [0, 0.1) is 0 Å². The van der Waals surface area contributed by atoms with Crippen molar-refractivity contribution in [3.05, 3.63) is 25.3 Å². The highest BCUT2D eigenvalue weighted by molar-refractivity contribution is 5.85. The van der Waals surface area contributed by atoms with E-state index in [2.05, 4.69) is 24.6 Å². The fourth-order valence-corrected chi connectivity index (χ4v) is 0.760. The predicted molar refractivity (Wildman–Crippen MR) is 76.5 cm³/mol. The third kappa shape index (κ3) is 29.9. The molecule has 0 aromatic rings. The van der Waals surface area contributed by atoms with Gasteiger partial charge in [0.15, 0.2) is 0 Å². The van der Waals surface area contributed by atoms with Gasteiger partial charge >= 0.3 is 0 Å². The van der Waals surface area contributed by atoms with Gasteiger partial charge in [-0.25, -0.2) is 0 Å². The van der Waals surface area contributed by atoms with E-state index < -0.39 is 11.8 Å². The second-order valence-electron chi connectivity index (χ2n) is 3.23. The van der Waals surface area contributed by atoms with E-state index in [1.165, 1.54) is 0 Å². The van der Waals surface area contributed by atoms with Crippen LogP contribution in [0.15, 0.2) is 25.3 Å². The zero-order valence-corrected chi connectivity index (χ0v) is 11.6. The number of carbonyl (C=O) groups excluding carboxylic acids is 2. The maximum atomic E-state index is 9.47. The summed E-state index contributed by atoms with van der Waals surface area (Å²) < 4.78 is 0. The maximum Gasteiger partial charge on any atom is 0.240 e. The number of primary amides is 2. The number of aliphatic hydroxyl groups is 3. The predicted octanol–water partition coefficient (Wildman–Crippen LogP) is -2.42. The molecule has 0 heterocycles. The third-order valence-electron chi connectivity index (χ3n) is 1.65. The molecule has 7 N–H and O–H groups in total. The van der Waals surface area contributed by atoms with Crippen molar-refractivity contribution in [2.75, 3.05) is 39.5 Å². The van der Waals surface area contributed by atoms with Crippen molar-refractivity contribution in [2.24, 2.45) is 11.5 Å². The van der Waals surface area contributed by atoms with Crippen molar-refractivity contribution in [3.8, 4) is 0 Å². The molecular weight excluding hydrogens is 266 g/mol. The first-order valence-electron chi connectivity index (χ1n) is 5.78. The normalized spacial score (nSPS) is 8.60. The summed E-state index contributed by atoms with van der Waals surface area (Å²) in [6.45, 7) is 7.92. The Morgan fingerprint density at radius 2 is 1.05 bits per heavy atom. The van der Waals surface area contributed by atoms with Gasteiger partial charge in [-0.2, -0.15) is 0 Å². The molecule has 8 nitrogen and oxygen atoms in total. The van der Waals surface area contributed by atoms with Gasteiger partial charge < -0.3 is 26.8 Å². The number of rotatable bonds is 8. The van der Waals surface area contributed by atoms with Gasteiger partial charge in [0.05, 0.1) is 19.8 Å². The lowest BCUT2D eigenvalue weighted by atomic mass is 10.4. The van der Waals surface area contributed by atoms with Crippen molar-refractivity contribution < 1.29 is 24.9 Å². The molecule has 0 saturated carbocycles. The average Bonchev–Trinajstić information content (AvgIpc) is 2.41. The molecular formula is C12H25N3O5. The molecule has 0 spiro atoms. The zero-order chi connectivity index (χ0) is 16.4. The molecule has 0 atom stereocenters. The molecule has 0 fully saturated rings. The number of amides is 2. The van der Waals surface area contributed by atoms with Gasteiger partial charge in [0, 0.05) is 19.6 Å². The van der Waals surface area contributed by atoms with Crippen molar-refractivity contribution in [3.63, 3.8) is 0 Å². The largest absolute Gasteiger partial charge is 0.395 e. The fraction of sp³-hybridized carbons (Fsp3) is 0.500. The number of aliphatic hydroxyl groups excluding tert-OH is 3. The van der Waals surface area contributed by atoms with Gasteiger partial charge in [-0.15, -0.1) is 0 Å². The van der Waals surface area contributed by atoms with E-state index in [-0.39, 0.29) is 19.8 Å². The minimum Gasteiger partial charge on any atom is -0.395 e. The third-order valence-corrected chi connectivity index (χ3v) is 1.65. The first-order valence-corrected chi connectivity index (χ1v) is 5.78. The summed E-state index contributed by atoms with van der Waals surface area (Å²) in [6, 6.07) is 0. The molecule has 2 amide bonds. The van der Waals surface area contributed by atoms with E-state index in [4.69, 9.17) is 15.3 Å². The van der Waals surface area contributed by atoms with Crippen LogP contribution in [0.1, 0.15) is 0 Å². The summed E-state index contributed by atoms with van der Waals surface area (Å²) >= 11 is 0. The smallest absolute Gasteiger partial charge is 0.240 e. The molecule has 118 valence electrons. The van der Waals surface area contributed by atoms with Gasteiger partial charge in [0.25, 0.3) is 0 Å². The standard InChI is InChI=1S/C6H15NO3.2C3H5NO/c8-4-1-7(2-5-9)3-6-10;2*1-2-3(4)5/h8-10H,1-6H2;2*2H,1H2,(H2,4,5). The van der Waals surface area contributed by atoms with Gasteiger partial charge in [0.2, 0.25) is 11.8 Å². The summed E-state index contributed by atoms with van der Waals surface area (Å²) in [4.78, 5) is 20.7. The molecule has 0 aromatic heterocycles. The van der Waals surface area contributed by atoms with Crippen LogP contribution in [0.5, 0.6) is 0 Å². The van der Waals surface area contributed by atoms with Crippen LogP contribution in [-0.2, 0) is 9.59 Å². The van der Waals surface area contributed by atoms with E-state index in [9.17, 15) is 9.59 Å². The molecule has 0 rings (SSSR count). The fourth-order valence-electron chi connectivity index (χ4n) is 0.760. The maximum absolute atomic E-state index is 9.47. The molecule has 0 saturated heterocycles. The van der Waals surface area contributed by atoms with E-state index in [1.807, 2.05) is 0 Å². The van der Waals surface area contributed by atoms with Crippen LogP contribution in [0.3, 0.4) is 0 Å². The molecule has 0 radical (unpaired) electrons. The number of nitrogens with two attached hydrogens (primary N) is 2. The molecule has 20 heavy (non-hydrogen) atoms. The average molecular weight is 291 g/mol. The minimum absolute atomic E-state index is 0.0694. The van der Waals surface area contributed by atoms with Gasteiger partial charge in [-0.3, -0.25) is 14.5 Å². The Bertz CT molecular complexity index is 240. The number of hydrogen-bond donors (Lipinski definition) is 5. The SMILES string of the molecule is C=CC(N)=O.C=CC(N)=O.OCCN(CCO)CCO. The van der Waals surface area contributed by atoms with Crippen molar-refractivity contribution >= 4 is 11.8 Å². The van der Waals surface area contributed by atoms with Gasteiger partial charge in [-0.05, 0) is 12.2 Å². The minimum atomic E-state index is -0.481. The lowest BCUT2D eigenvalue weighted by Crippen LogP contribution is -2.32. The summed E-state index contributed by atoms with van der Waals surface area (Å²) in [5, 5.41) is 25.5. The molecule has 0 aliphatic heterocycles. The van der Waals surface area contributed by atoms with Crippen molar-refractivity contribution in [2.45, 2.75) is 0 Å². The van der Waals surface area contributed by atoms with Gasteiger partial charge in [0.1, 0.15) is 0 Å². The first kappa shape index (κ1) is 23.4. The van der Waals surface area contributed by atoms with Crippen LogP contribution in [0.25, 0.3) is 0 Å². The second kappa shape index (κ2) is 19.6. The summed E-state index contributed by atoms with van der Waals surface area (Å²) in [5.41, 5.74) is 9.07. The molecule has 0 aliphatic carbocycles. The van der Waals surface area contributed by atoms with Crippen LogP contribution in [-0.4, -0.2) is 71.5 Å². The van der Waals surface area contributed by atoms with Crippen LogP contribution in [0.2, 0.25) is 0 Å². The quantitative estimate of drug-likeness (QED) is 0.314. The number of hydrogen-bond acceptors (Lipinski definition) is 6. The molecule has 8 heteroatoms. The Morgan fingerprint density at radius 1 is 0.850 bits per heavy atom. The highest BCUT2D eigenvalue weighted by atomic mass is 16.3. The summed E-state index contributed by atoms with van der Waals surface area (Å²) in [7, 11) is 0. The van der Waals surface area contributed by atoms with E-state index >= 15 is 0 Å². The Labute approximate surface area is 119 Å². The second-order valence-corrected chi connectivity index (χ2v) is 3.23. The van der Waals surface area contributed by atoms with E-state index in [0.29, 0.717) is 19.6 Å². The number of carbonyl (C=O) groups is 2. The molecule has 0 aromatic carbocycles. The van der Waals surface area contributed by atoms with Crippen LogP contribution >= 0.6 is 0 Å². The summed E-state index contributed by atoms with van der Waals surface area (Å²) in [5.74, 6) is -0.963. The number of nitrogens with zero attached hydrogens (tertiary/aromatic N) is 1. The van der Waals surface area contributed by atoms with E-state index in [1.54, 1.807) is 4.90 Å². The highest BCUT2D eigenvalue weighted by Crippen LogP contribution is 1.84. The lowest BCUT2D eigenvalue weighted by Gasteiger charge is -2.17. The Kier molecular flexibility index (Phi) is 22.9. The summed E-state index contributed by atoms with van der Waals surface area (Å²) in [6.07, 6.45) is 2.11. The first-order chi connectivity index (χ1) is 9.39. The van der Waals surface area contributed by atoms with Crippen molar-refractivity contribution in [1.29, 1.82) is 0 Å². The monoisotopic (exact) mass is 291 g/mol. The van der Waals surface area contributed by atoms with Crippen LogP contribution < -0.4 is 11.5 Å². The molecule has 0 bridgehead atoms. The topological polar surface area (TPSA) is 150 Å². The molecule has 0 aliphatic rings. The highest BCUT2D eigenvalue weighted by Gasteiger charge is 2.00. The van der Waals surface area contributed by atoms with E-state index in [0.717, 1.165) is 12.2 Å². The molecule has 0 unspecified atom stereocenters.